The number of allylic oxidation sites excluding steroid dienone is 1. The Morgan fingerprint density at radius 1 is 1.47 bits per heavy atom. The van der Waals surface area contributed by atoms with Gasteiger partial charge in [0.05, 0.1) is 0 Å². The number of likely N-dealkylation sites (tertiary alicyclic amines) is 1. The van der Waals surface area contributed by atoms with E-state index in [1.165, 1.54) is 19.3 Å². The summed E-state index contributed by atoms with van der Waals surface area (Å²) in [7, 11) is 3.61. The molecule has 17 heavy (non-hydrogen) atoms. The van der Waals surface area contributed by atoms with Crippen molar-refractivity contribution in [1.82, 2.24) is 4.90 Å². The average Bonchev–Trinajstić information content (AvgIpc) is 2.34. The molecule has 3 heteroatoms. The summed E-state index contributed by atoms with van der Waals surface area (Å²) in [6.45, 7) is 7.76. The number of nitrogens with zero attached hydrogens (tertiary/aromatic N) is 1. The molecule has 0 aromatic carbocycles. The molecular weight excluding hydrogens is 209 g/mol. The second kappa shape index (κ2) is 5.39. The van der Waals surface area contributed by atoms with Crippen molar-refractivity contribution in [1.29, 1.82) is 0 Å². The first kappa shape index (κ1) is 12.9. The minimum absolute atomic E-state index is 0.324. The van der Waals surface area contributed by atoms with Crippen LogP contribution in [0.2, 0.25) is 0 Å². The summed E-state index contributed by atoms with van der Waals surface area (Å²) in [5.74, 6) is 1.80. The van der Waals surface area contributed by atoms with Gasteiger partial charge >= 0.3 is 105 Å². The molecule has 94 valence electrons. The van der Waals surface area contributed by atoms with Crippen LogP contribution in [0.5, 0.6) is 0 Å². The topological polar surface area (TPSA) is 23.5 Å². The molecule has 0 spiro atoms. The van der Waals surface area contributed by atoms with Crippen molar-refractivity contribution in [2.45, 2.75) is 33.1 Å². The average molecular weight is 233 g/mol. The van der Waals surface area contributed by atoms with Gasteiger partial charge in [-0.1, -0.05) is 0 Å². The van der Waals surface area contributed by atoms with Gasteiger partial charge in [-0.05, 0) is 0 Å². The zero-order valence-corrected chi connectivity index (χ0v) is 11.2. The number of hydrogen-bond donors (Lipinski definition) is 1. The van der Waals surface area contributed by atoms with Crippen LogP contribution in [0.25, 0.3) is 0 Å². The van der Waals surface area contributed by atoms with Crippen molar-refractivity contribution >= 4 is 13.1 Å². The zero-order chi connectivity index (χ0) is 12.4. The Balaban J connectivity index is 1.82. The van der Waals surface area contributed by atoms with Gasteiger partial charge < -0.3 is 0 Å². The molecule has 0 saturated carbocycles. The van der Waals surface area contributed by atoms with Gasteiger partial charge in [-0.2, -0.15) is 0 Å². The van der Waals surface area contributed by atoms with Crippen LogP contribution in [0.3, 0.4) is 0 Å². The van der Waals surface area contributed by atoms with E-state index in [4.69, 9.17) is 0 Å². The normalized spacial score (nSPS) is 31.5. The Morgan fingerprint density at radius 2 is 2.18 bits per heavy atom. The standard InChI is InChI=1S/C14H24BNO/c1-10-4-3-5-12(6-11(10)2)7-16-8-13(9-16)14(15)17/h6,10,12-13,15,17H,3-5,7-9H2,1-2H3/t10-,12+/m1/s1. The molecule has 1 saturated heterocycles. The van der Waals surface area contributed by atoms with Crippen LogP contribution in [0.1, 0.15) is 33.1 Å². The van der Waals surface area contributed by atoms with Crippen molar-refractivity contribution in [3.8, 4) is 0 Å². The Morgan fingerprint density at radius 3 is 2.82 bits per heavy atom. The van der Waals surface area contributed by atoms with Crippen molar-refractivity contribution in [2.24, 2.45) is 17.8 Å². The quantitative estimate of drug-likeness (QED) is 0.592. The van der Waals surface area contributed by atoms with E-state index in [1.807, 2.05) is 0 Å². The van der Waals surface area contributed by atoms with Crippen LogP contribution in [0.4, 0.5) is 0 Å². The number of aliphatic hydroxyl groups excluding tert-OH is 1. The first-order valence-electron chi connectivity index (χ1n) is 6.84. The van der Waals surface area contributed by atoms with E-state index >= 15 is 0 Å². The Bertz CT molecular complexity index is 320. The predicted octanol–water partition coefficient (Wildman–Crippen LogP) is 1.70. The van der Waals surface area contributed by atoms with E-state index < -0.39 is 0 Å². The minimum atomic E-state index is 0.324. The van der Waals surface area contributed by atoms with Crippen LogP contribution in [-0.2, 0) is 0 Å². The van der Waals surface area contributed by atoms with E-state index in [1.54, 1.807) is 5.57 Å². The molecule has 0 bridgehead atoms. The summed E-state index contributed by atoms with van der Waals surface area (Å²) in [6, 6.07) is 0. The summed E-state index contributed by atoms with van der Waals surface area (Å²) in [5, 5.41) is 9.28. The second-order valence-corrected chi connectivity index (χ2v) is 5.91. The maximum atomic E-state index is 9.28. The molecule has 2 aliphatic rings. The van der Waals surface area contributed by atoms with Gasteiger partial charge in [-0.15, -0.1) is 0 Å². The van der Waals surface area contributed by atoms with Gasteiger partial charge in [0.25, 0.3) is 0 Å². The van der Waals surface area contributed by atoms with E-state index in [9.17, 15) is 5.11 Å². The van der Waals surface area contributed by atoms with E-state index in [0.29, 0.717) is 17.5 Å². The molecule has 0 radical (unpaired) electrons. The summed E-state index contributed by atoms with van der Waals surface area (Å²) in [5.41, 5.74) is 1.93. The third kappa shape index (κ3) is 3.22. The van der Waals surface area contributed by atoms with Crippen molar-refractivity contribution < 1.29 is 5.11 Å². The Kier molecular flexibility index (Phi) is 4.08. The van der Waals surface area contributed by atoms with Crippen LogP contribution in [-0.4, -0.2) is 42.8 Å². The van der Waals surface area contributed by atoms with E-state index in [-0.39, 0.29) is 0 Å². The number of rotatable bonds is 3. The summed E-state index contributed by atoms with van der Waals surface area (Å²) >= 11 is 0. The number of hydrogen-bond acceptors (Lipinski definition) is 2. The third-order valence-corrected chi connectivity index (χ3v) is 4.41. The van der Waals surface area contributed by atoms with Crippen molar-refractivity contribution in [3.05, 3.63) is 11.6 Å². The molecular formula is C14H24BNO. The molecule has 1 N–H and O–H groups in total. The van der Waals surface area contributed by atoms with Crippen molar-refractivity contribution in [2.75, 3.05) is 19.6 Å². The summed E-state index contributed by atoms with van der Waals surface area (Å²) < 4.78 is 0. The van der Waals surface area contributed by atoms with Crippen molar-refractivity contribution in [3.63, 3.8) is 0 Å². The van der Waals surface area contributed by atoms with Gasteiger partial charge in [-0.25, -0.2) is 0 Å². The van der Waals surface area contributed by atoms with E-state index in [2.05, 4.69) is 32.3 Å². The van der Waals surface area contributed by atoms with Crippen LogP contribution in [0.15, 0.2) is 11.6 Å². The van der Waals surface area contributed by atoms with Gasteiger partial charge in [0.15, 0.2) is 0 Å². The van der Waals surface area contributed by atoms with E-state index in [0.717, 1.165) is 25.6 Å². The predicted molar refractivity (Wildman–Crippen MR) is 74.3 cm³/mol. The Labute approximate surface area is 106 Å². The molecule has 2 nitrogen and oxygen atoms in total. The molecule has 2 atom stereocenters. The zero-order valence-electron chi connectivity index (χ0n) is 11.2. The Hall–Kier alpha value is -0.565. The molecule has 0 aromatic rings. The van der Waals surface area contributed by atoms with Gasteiger partial charge in [0, 0.05) is 0 Å². The molecule has 1 aliphatic carbocycles. The second-order valence-electron chi connectivity index (χ2n) is 5.91. The fourth-order valence-corrected chi connectivity index (χ4v) is 2.94. The molecule has 2 rings (SSSR count). The summed E-state index contributed by atoms with van der Waals surface area (Å²) in [6.07, 6.45) is 6.50. The first-order chi connectivity index (χ1) is 8.06. The van der Waals surface area contributed by atoms with Gasteiger partial charge in [0.1, 0.15) is 0 Å². The molecule has 0 aromatic heterocycles. The fraction of sp³-hybridized carbons (Fsp3) is 0.786. The molecule has 0 unspecified atom stereocenters. The van der Waals surface area contributed by atoms with Gasteiger partial charge in [0.2, 0.25) is 0 Å². The SMILES string of the molecule is B=C(O)C1CN(C[C@@H]2C=C(C)[C@H](C)CCC2)C1. The fourth-order valence-electron chi connectivity index (χ4n) is 2.94. The molecule has 1 fully saturated rings. The number of aliphatic hydroxyl groups is 1. The molecule has 0 amide bonds. The maximum absolute atomic E-state index is 9.28. The monoisotopic (exact) mass is 233 g/mol. The third-order valence-electron chi connectivity index (χ3n) is 4.41. The van der Waals surface area contributed by atoms with Gasteiger partial charge in [-0.3, -0.25) is 0 Å². The summed E-state index contributed by atoms with van der Waals surface area (Å²) in [4.78, 5) is 2.44. The first-order valence-corrected chi connectivity index (χ1v) is 6.84. The molecule has 1 aliphatic heterocycles. The van der Waals surface area contributed by atoms with Crippen LogP contribution in [0, 0.1) is 17.8 Å². The van der Waals surface area contributed by atoms with Crippen LogP contribution >= 0.6 is 0 Å². The molecule has 1 heterocycles. The van der Waals surface area contributed by atoms with Crippen LogP contribution < -0.4 is 0 Å².